The lowest BCUT2D eigenvalue weighted by molar-refractivity contribution is 0.101. The fourth-order valence-corrected chi connectivity index (χ4v) is 1.76. The van der Waals surface area contributed by atoms with Crippen LogP contribution < -0.4 is 5.32 Å². The summed E-state index contributed by atoms with van der Waals surface area (Å²) in [5, 5.41) is 6.79. The molecule has 1 heterocycles. The number of aromatic nitrogens is 2. The lowest BCUT2D eigenvalue weighted by atomic mass is 10.2. The Labute approximate surface area is 108 Å². The van der Waals surface area contributed by atoms with Crippen LogP contribution >= 0.6 is 15.9 Å². The number of aryl methyl sites for hydroxylation is 2. The van der Waals surface area contributed by atoms with Gasteiger partial charge in [-0.15, -0.1) is 0 Å². The molecule has 2 aromatic rings. The third kappa shape index (κ3) is 2.55. The minimum absolute atomic E-state index is 0.160. The molecule has 0 spiro atoms. The Bertz CT molecular complexity index is 563. The van der Waals surface area contributed by atoms with Crippen molar-refractivity contribution in [3.05, 3.63) is 46.2 Å². The molecule has 0 aliphatic heterocycles. The van der Waals surface area contributed by atoms with Gasteiger partial charge in [0.1, 0.15) is 5.69 Å². The summed E-state index contributed by atoms with van der Waals surface area (Å²) in [7, 11) is 1.74. The zero-order valence-electron chi connectivity index (χ0n) is 9.57. The van der Waals surface area contributed by atoms with Gasteiger partial charge in [-0.1, -0.05) is 15.9 Å². The van der Waals surface area contributed by atoms with Gasteiger partial charge in [0.2, 0.25) is 0 Å². The number of carbonyl (C=O) groups excluding carboxylic acids is 1. The largest absolute Gasteiger partial charge is 0.321 e. The molecule has 0 saturated carbocycles. The van der Waals surface area contributed by atoms with Crippen LogP contribution in [-0.4, -0.2) is 15.7 Å². The molecule has 0 unspecified atom stereocenters. The van der Waals surface area contributed by atoms with Gasteiger partial charge in [-0.25, -0.2) is 0 Å². The van der Waals surface area contributed by atoms with Gasteiger partial charge < -0.3 is 5.32 Å². The van der Waals surface area contributed by atoms with Crippen molar-refractivity contribution in [1.82, 2.24) is 9.78 Å². The van der Waals surface area contributed by atoms with Crippen molar-refractivity contribution < 1.29 is 4.79 Å². The van der Waals surface area contributed by atoms with E-state index in [1.165, 1.54) is 0 Å². The Morgan fingerprint density at radius 2 is 2.18 bits per heavy atom. The summed E-state index contributed by atoms with van der Waals surface area (Å²) >= 11 is 3.42. The average Bonchev–Trinajstić information content (AvgIpc) is 2.70. The van der Waals surface area contributed by atoms with Crippen molar-refractivity contribution in [1.29, 1.82) is 0 Å². The van der Waals surface area contributed by atoms with Gasteiger partial charge in [-0.05, 0) is 36.8 Å². The van der Waals surface area contributed by atoms with Gasteiger partial charge in [0.15, 0.2) is 0 Å². The maximum absolute atomic E-state index is 11.9. The van der Waals surface area contributed by atoms with E-state index in [2.05, 4.69) is 26.3 Å². The lowest BCUT2D eigenvalue weighted by Crippen LogP contribution is -2.16. The van der Waals surface area contributed by atoms with E-state index in [1.54, 1.807) is 24.0 Å². The summed E-state index contributed by atoms with van der Waals surface area (Å²) in [4.78, 5) is 11.9. The normalized spacial score (nSPS) is 10.3. The third-order valence-electron chi connectivity index (χ3n) is 2.47. The Morgan fingerprint density at radius 3 is 2.76 bits per heavy atom. The first kappa shape index (κ1) is 11.9. The molecule has 1 amide bonds. The van der Waals surface area contributed by atoms with Crippen molar-refractivity contribution in [2.75, 3.05) is 5.32 Å². The summed E-state index contributed by atoms with van der Waals surface area (Å²) < 4.78 is 2.57. The Kier molecular flexibility index (Phi) is 3.28. The summed E-state index contributed by atoms with van der Waals surface area (Å²) in [6.45, 7) is 1.98. The van der Waals surface area contributed by atoms with E-state index in [4.69, 9.17) is 0 Å². The second-order valence-corrected chi connectivity index (χ2v) is 4.61. The van der Waals surface area contributed by atoms with E-state index in [0.29, 0.717) is 5.69 Å². The zero-order valence-corrected chi connectivity index (χ0v) is 11.2. The molecule has 0 fully saturated rings. The smallest absolute Gasteiger partial charge is 0.273 e. The monoisotopic (exact) mass is 293 g/mol. The number of carbonyl (C=O) groups is 1. The molecule has 88 valence electrons. The second-order valence-electron chi connectivity index (χ2n) is 3.76. The Balaban J connectivity index is 2.19. The third-order valence-corrected chi connectivity index (χ3v) is 3.36. The number of anilines is 1. The van der Waals surface area contributed by atoms with E-state index >= 15 is 0 Å². The molecular weight excluding hydrogens is 282 g/mol. The highest BCUT2D eigenvalue weighted by Gasteiger charge is 2.10. The van der Waals surface area contributed by atoms with E-state index in [9.17, 15) is 4.79 Å². The lowest BCUT2D eigenvalue weighted by Gasteiger charge is -2.07. The van der Waals surface area contributed by atoms with Crippen molar-refractivity contribution in [3.8, 4) is 0 Å². The molecule has 5 heteroatoms. The molecule has 17 heavy (non-hydrogen) atoms. The highest BCUT2D eigenvalue weighted by atomic mass is 79.9. The minimum Gasteiger partial charge on any atom is -0.321 e. The van der Waals surface area contributed by atoms with Gasteiger partial charge in [0, 0.05) is 23.4 Å². The Hall–Kier alpha value is -1.62. The van der Waals surface area contributed by atoms with Crippen LogP contribution in [0.2, 0.25) is 0 Å². The van der Waals surface area contributed by atoms with Crippen LogP contribution in [0.25, 0.3) is 0 Å². The predicted molar refractivity (Wildman–Crippen MR) is 70.0 cm³/mol. The van der Waals surface area contributed by atoms with Crippen LogP contribution in [0.1, 0.15) is 16.1 Å². The van der Waals surface area contributed by atoms with Crippen molar-refractivity contribution in [3.63, 3.8) is 0 Å². The van der Waals surface area contributed by atoms with Crippen molar-refractivity contribution in [2.45, 2.75) is 6.92 Å². The number of nitrogens with one attached hydrogen (secondary N) is 1. The second kappa shape index (κ2) is 4.71. The predicted octanol–water partition coefficient (Wildman–Crippen LogP) is 2.74. The molecule has 0 bridgehead atoms. The van der Waals surface area contributed by atoms with Crippen LogP contribution in [0, 0.1) is 6.92 Å². The van der Waals surface area contributed by atoms with E-state index in [-0.39, 0.29) is 5.91 Å². The molecule has 0 atom stereocenters. The number of amides is 1. The van der Waals surface area contributed by atoms with Gasteiger partial charge in [0.25, 0.3) is 5.91 Å². The quantitative estimate of drug-likeness (QED) is 0.925. The number of halogens is 1. The highest BCUT2D eigenvalue weighted by Crippen LogP contribution is 2.20. The first-order valence-electron chi connectivity index (χ1n) is 5.13. The molecule has 1 aromatic heterocycles. The standard InChI is InChI=1S/C12H12BrN3O/c1-8-7-9(3-4-10(8)13)15-12(17)11-5-6-14-16(11)2/h3-7H,1-2H3,(H,15,17). The van der Waals surface area contributed by atoms with E-state index in [1.807, 2.05) is 25.1 Å². The number of rotatable bonds is 2. The molecule has 1 aromatic carbocycles. The molecule has 4 nitrogen and oxygen atoms in total. The summed E-state index contributed by atoms with van der Waals surface area (Å²) in [5.41, 5.74) is 2.38. The Morgan fingerprint density at radius 1 is 1.41 bits per heavy atom. The molecule has 0 radical (unpaired) electrons. The molecule has 0 aliphatic carbocycles. The van der Waals surface area contributed by atoms with Gasteiger partial charge in [-0.3, -0.25) is 9.48 Å². The molecular formula is C12H12BrN3O. The average molecular weight is 294 g/mol. The molecule has 1 N–H and O–H groups in total. The first-order valence-corrected chi connectivity index (χ1v) is 5.93. The van der Waals surface area contributed by atoms with Gasteiger partial charge in [-0.2, -0.15) is 5.10 Å². The van der Waals surface area contributed by atoms with Crippen LogP contribution in [-0.2, 0) is 7.05 Å². The van der Waals surface area contributed by atoms with Crippen molar-refractivity contribution >= 4 is 27.5 Å². The maximum atomic E-state index is 11.9. The zero-order chi connectivity index (χ0) is 12.4. The van der Waals surface area contributed by atoms with E-state index < -0.39 is 0 Å². The van der Waals surface area contributed by atoms with Crippen molar-refractivity contribution in [2.24, 2.45) is 7.05 Å². The number of nitrogens with zero attached hydrogens (tertiary/aromatic N) is 2. The maximum Gasteiger partial charge on any atom is 0.273 e. The van der Waals surface area contributed by atoms with Gasteiger partial charge >= 0.3 is 0 Å². The summed E-state index contributed by atoms with van der Waals surface area (Å²) in [5.74, 6) is -0.160. The van der Waals surface area contributed by atoms with Crippen LogP contribution in [0.5, 0.6) is 0 Å². The number of hydrogen-bond acceptors (Lipinski definition) is 2. The fourth-order valence-electron chi connectivity index (χ4n) is 1.51. The molecule has 0 aliphatic rings. The highest BCUT2D eigenvalue weighted by molar-refractivity contribution is 9.10. The molecule has 0 saturated heterocycles. The van der Waals surface area contributed by atoms with Gasteiger partial charge in [0.05, 0.1) is 0 Å². The number of benzene rings is 1. The first-order chi connectivity index (χ1) is 8.08. The van der Waals surface area contributed by atoms with Crippen LogP contribution in [0.15, 0.2) is 34.9 Å². The SMILES string of the molecule is Cc1cc(NC(=O)c2ccnn2C)ccc1Br. The summed E-state index contributed by atoms with van der Waals surface area (Å²) in [6, 6.07) is 7.36. The van der Waals surface area contributed by atoms with Crippen LogP contribution in [0.4, 0.5) is 5.69 Å². The van der Waals surface area contributed by atoms with Crippen LogP contribution in [0.3, 0.4) is 0 Å². The minimum atomic E-state index is -0.160. The summed E-state index contributed by atoms with van der Waals surface area (Å²) in [6.07, 6.45) is 1.60. The van der Waals surface area contributed by atoms with E-state index in [0.717, 1.165) is 15.7 Å². The number of hydrogen-bond donors (Lipinski definition) is 1. The fraction of sp³-hybridized carbons (Fsp3) is 0.167. The molecule has 2 rings (SSSR count). The topological polar surface area (TPSA) is 46.9 Å².